The first-order valence-corrected chi connectivity index (χ1v) is 13.0. The number of hydrogen-bond donors (Lipinski definition) is 0. The zero-order valence-electron chi connectivity index (χ0n) is 19.3. The molecule has 0 unspecified atom stereocenters. The first-order valence-electron chi connectivity index (χ1n) is 11.1. The average Bonchev–Trinajstić information content (AvgIpc) is 3.32. The molecular weight excluding hydrogens is 440 g/mol. The largest absolute Gasteiger partial charge is 0.486 e. The van der Waals surface area contributed by atoms with Gasteiger partial charge in [0.05, 0.1) is 31.8 Å². The topological polar surface area (TPSA) is 94.0 Å². The van der Waals surface area contributed by atoms with Crippen LogP contribution in [0.2, 0.25) is 0 Å². The van der Waals surface area contributed by atoms with Gasteiger partial charge in [0.25, 0.3) is 0 Å². The van der Waals surface area contributed by atoms with E-state index in [0.29, 0.717) is 49.5 Å². The number of hydrogen-bond acceptors (Lipinski definition) is 8. The molecule has 3 aliphatic rings. The van der Waals surface area contributed by atoms with Gasteiger partial charge in [-0.1, -0.05) is 24.3 Å². The Hall–Kier alpha value is -2.78. The number of morpholine rings is 1. The van der Waals surface area contributed by atoms with E-state index in [9.17, 15) is 8.42 Å². The Bertz CT molecular complexity index is 1250. The summed E-state index contributed by atoms with van der Waals surface area (Å²) >= 11 is 0. The number of benzene rings is 1. The van der Waals surface area contributed by atoms with Gasteiger partial charge in [-0.25, -0.2) is 18.4 Å². The van der Waals surface area contributed by atoms with Crippen molar-refractivity contribution in [2.24, 2.45) is 4.99 Å². The zero-order valence-corrected chi connectivity index (χ0v) is 20.1. The molecule has 4 heterocycles. The summed E-state index contributed by atoms with van der Waals surface area (Å²) in [6.45, 7) is 7.61. The van der Waals surface area contributed by atoms with Gasteiger partial charge in [0.1, 0.15) is 17.0 Å². The predicted octanol–water partition coefficient (Wildman–Crippen LogP) is 2.88. The summed E-state index contributed by atoms with van der Waals surface area (Å²) in [5, 5.41) is 0. The lowest BCUT2D eigenvalue weighted by molar-refractivity contribution is 0.0482. The van der Waals surface area contributed by atoms with E-state index in [1.54, 1.807) is 13.8 Å². The van der Waals surface area contributed by atoms with E-state index in [1.165, 1.54) is 6.26 Å². The van der Waals surface area contributed by atoms with Crippen LogP contribution in [0.25, 0.3) is 17.0 Å². The predicted molar refractivity (Wildman–Crippen MR) is 129 cm³/mol. The van der Waals surface area contributed by atoms with E-state index in [1.807, 2.05) is 36.6 Å². The van der Waals surface area contributed by atoms with E-state index in [-0.39, 0.29) is 12.1 Å². The SMILES string of the molecule is C[C@@H]1COC[C@H]2COc3c(nc(-c4ccc(C5=CC=NC5)cc4)nc3C(C)(C)S(C)(=O)=O)N21. The Labute approximate surface area is 194 Å². The Morgan fingerprint density at radius 2 is 1.79 bits per heavy atom. The van der Waals surface area contributed by atoms with Crippen LogP contribution in [0.3, 0.4) is 0 Å². The van der Waals surface area contributed by atoms with Crippen LogP contribution in [0, 0.1) is 0 Å². The number of nitrogens with zero attached hydrogens (tertiary/aromatic N) is 4. The van der Waals surface area contributed by atoms with Crippen molar-refractivity contribution in [1.82, 2.24) is 9.97 Å². The van der Waals surface area contributed by atoms with Crippen LogP contribution in [0.15, 0.2) is 35.3 Å². The lowest BCUT2D eigenvalue weighted by Gasteiger charge is -2.45. The van der Waals surface area contributed by atoms with Crippen molar-refractivity contribution in [2.45, 2.75) is 37.6 Å². The molecule has 0 amide bonds. The molecule has 3 aliphatic heterocycles. The highest BCUT2D eigenvalue weighted by atomic mass is 32.2. The molecular formula is C24H28N4O4S. The summed E-state index contributed by atoms with van der Waals surface area (Å²) < 4.78 is 36.1. The standard InChI is InChI=1S/C24H28N4O4S/c1-15-12-31-13-19-14-32-20-21(24(2,3)33(4,29)30)26-22(27-23(20)28(15)19)17-7-5-16(6-8-17)18-9-10-25-11-18/h5-10,15,19H,11-14H2,1-4H3/t15-,19+/m1/s1. The van der Waals surface area contributed by atoms with Crippen molar-refractivity contribution < 1.29 is 17.9 Å². The minimum atomic E-state index is -3.48. The van der Waals surface area contributed by atoms with E-state index in [2.05, 4.69) is 16.8 Å². The number of ether oxygens (including phenoxy) is 2. The summed E-state index contributed by atoms with van der Waals surface area (Å²) in [5.74, 6) is 1.56. The molecule has 5 rings (SSSR count). The molecule has 2 atom stereocenters. The average molecular weight is 469 g/mol. The van der Waals surface area contributed by atoms with E-state index in [0.717, 1.165) is 16.7 Å². The monoisotopic (exact) mass is 468 g/mol. The number of allylic oxidation sites excluding steroid dienone is 1. The maximum atomic E-state index is 12.8. The second-order valence-corrected chi connectivity index (χ2v) is 11.9. The molecule has 0 N–H and O–H groups in total. The molecule has 0 saturated carbocycles. The highest BCUT2D eigenvalue weighted by Crippen LogP contribution is 2.44. The molecule has 1 fully saturated rings. The molecule has 0 radical (unpaired) electrons. The first-order chi connectivity index (χ1) is 15.7. The Kier molecular flexibility index (Phi) is 5.29. The van der Waals surface area contributed by atoms with Gasteiger partial charge in [-0.05, 0) is 38.0 Å². The number of rotatable bonds is 4. The van der Waals surface area contributed by atoms with Crippen molar-refractivity contribution in [3.63, 3.8) is 0 Å². The number of aliphatic imine (C=N–C) groups is 1. The third-order valence-corrected chi connectivity index (χ3v) is 8.75. The highest BCUT2D eigenvalue weighted by Gasteiger charge is 2.43. The van der Waals surface area contributed by atoms with Crippen molar-refractivity contribution in [1.29, 1.82) is 0 Å². The quantitative estimate of drug-likeness (QED) is 0.681. The molecule has 1 aromatic carbocycles. The molecule has 2 aromatic rings. The summed E-state index contributed by atoms with van der Waals surface area (Å²) in [6.07, 6.45) is 5.06. The van der Waals surface area contributed by atoms with Gasteiger partial charge in [-0.15, -0.1) is 0 Å². The Morgan fingerprint density at radius 1 is 1.06 bits per heavy atom. The highest BCUT2D eigenvalue weighted by molar-refractivity contribution is 7.91. The summed E-state index contributed by atoms with van der Waals surface area (Å²) in [7, 11) is -3.48. The van der Waals surface area contributed by atoms with Crippen LogP contribution in [-0.4, -0.2) is 69.3 Å². The first kappa shape index (κ1) is 22.0. The molecule has 8 nitrogen and oxygen atoms in total. The van der Waals surface area contributed by atoms with Crippen LogP contribution in [0.1, 0.15) is 32.0 Å². The normalized spacial score (nSPS) is 22.4. The van der Waals surface area contributed by atoms with Crippen molar-refractivity contribution >= 4 is 27.4 Å². The lowest BCUT2D eigenvalue weighted by Crippen LogP contribution is -2.56. The minimum Gasteiger partial charge on any atom is -0.486 e. The van der Waals surface area contributed by atoms with Gasteiger partial charge < -0.3 is 14.4 Å². The fraction of sp³-hybridized carbons (Fsp3) is 0.458. The molecule has 1 saturated heterocycles. The maximum absolute atomic E-state index is 12.8. The minimum absolute atomic E-state index is 0.0230. The van der Waals surface area contributed by atoms with Crippen molar-refractivity contribution in [3.05, 3.63) is 41.6 Å². The third kappa shape index (κ3) is 3.73. The van der Waals surface area contributed by atoms with Crippen LogP contribution in [0.4, 0.5) is 5.82 Å². The Balaban J connectivity index is 1.66. The fourth-order valence-corrected chi connectivity index (χ4v) is 4.90. The summed E-state index contributed by atoms with van der Waals surface area (Å²) in [6, 6.07) is 8.09. The van der Waals surface area contributed by atoms with Gasteiger partial charge in [-0.2, -0.15) is 0 Å². The van der Waals surface area contributed by atoms with E-state index < -0.39 is 14.6 Å². The zero-order chi connectivity index (χ0) is 23.4. The second-order valence-electron chi connectivity index (χ2n) is 9.35. The van der Waals surface area contributed by atoms with Crippen LogP contribution in [-0.2, 0) is 19.3 Å². The van der Waals surface area contributed by atoms with Gasteiger partial charge in [0.2, 0.25) is 0 Å². The number of fused-ring (bicyclic) bond motifs is 3. The van der Waals surface area contributed by atoms with E-state index >= 15 is 0 Å². The molecule has 1 aromatic heterocycles. The van der Waals surface area contributed by atoms with Gasteiger partial charge >= 0.3 is 0 Å². The summed E-state index contributed by atoms with van der Waals surface area (Å²) in [4.78, 5) is 16.1. The van der Waals surface area contributed by atoms with E-state index in [4.69, 9.17) is 19.4 Å². The molecule has 0 bridgehead atoms. The molecule has 0 spiro atoms. The lowest BCUT2D eigenvalue weighted by atomic mass is 10.0. The van der Waals surface area contributed by atoms with Gasteiger partial charge in [0.15, 0.2) is 27.2 Å². The number of sulfone groups is 1. The fourth-order valence-electron chi connectivity index (χ4n) is 4.41. The van der Waals surface area contributed by atoms with Crippen LogP contribution < -0.4 is 9.64 Å². The van der Waals surface area contributed by atoms with Gasteiger partial charge in [-0.3, -0.25) is 4.99 Å². The Morgan fingerprint density at radius 3 is 2.45 bits per heavy atom. The van der Waals surface area contributed by atoms with Crippen molar-refractivity contribution in [2.75, 3.05) is 37.5 Å². The smallest absolute Gasteiger partial charge is 0.185 e. The summed E-state index contributed by atoms with van der Waals surface area (Å²) in [5.41, 5.74) is 3.45. The van der Waals surface area contributed by atoms with Crippen LogP contribution in [0.5, 0.6) is 5.75 Å². The maximum Gasteiger partial charge on any atom is 0.185 e. The molecule has 9 heteroatoms. The van der Waals surface area contributed by atoms with Crippen molar-refractivity contribution in [3.8, 4) is 17.1 Å². The van der Waals surface area contributed by atoms with Crippen LogP contribution >= 0.6 is 0 Å². The molecule has 33 heavy (non-hydrogen) atoms. The molecule has 174 valence electrons. The second kappa shape index (κ2) is 7.92. The number of aromatic nitrogens is 2. The van der Waals surface area contributed by atoms with Gasteiger partial charge in [0, 0.05) is 18.0 Å². The number of anilines is 1. The molecule has 0 aliphatic carbocycles. The third-order valence-electron chi connectivity index (χ3n) is 6.70.